The Balaban J connectivity index is 1.72. The summed E-state index contributed by atoms with van der Waals surface area (Å²) in [5.74, 6) is -0.306. The van der Waals surface area contributed by atoms with E-state index in [9.17, 15) is 14.9 Å². The normalized spacial score (nSPS) is 11.0. The summed E-state index contributed by atoms with van der Waals surface area (Å²) in [6.45, 7) is 8.26. The van der Waals surface area contributed by atoms with Crippen LogP contribution in [0, 0.1) is 37.8 Å². The molecular weight excluding hydrogens is 394 g/mol. The Hall–Kier alpha value is -3.52. The minimum atomic E-state index is -0.476. The molecule has 0 aliphatic carbocycles. The first-order valence-corrected chi connectivity index (χ1v) is 10.0. The van der Waals surface area contributed by atoms with Crippen LogP contribution in [0.4, 0.5) is 11.4 Å². The van der Waals surface area contributed by atoms with Gasteiger partial charge in [0.15, 0.2) is 0 Å². The third kappa shape index (κ3) is 4.97. The van der Waals surface area contributed by atoms with Gasteiger partial charge in [0.05, 0.1) is 22.8 Å². The highest BCUT2D eigenvalue weighted by atomic mass is 16.6. The van der Waals surface area contributed by atoms with Crippen LogP contribution in [0.1, 0.15) is 28.1 Å². The molecule has 1 N–H and O–H groups in total. The number of carbonyl (C=O) groups excluding carboxylic acids is 1. The minimum Gasteiger partial charge on any atom is -0.319 e. The summed E-state index contributed by atoms with van der Waals surface area (Å²) >= 11 is 0. The number of rotatable bonds is 7. The Kier molecular flexibility index (Phi) is 6.50. The number of nitro groups is 1. The van der Waals surface area contributed by atoms with E-state index in [0.29, 0.717) is 6.54 Å². The topological polar surface area (TPSA) is 93.3 Å². The number of nitrogens with one attached hydrogen (secondary N) is 1. The highest BCUT2D eigenvalue weighted by molar-refractivity contribution is 5.94. The average Bonchev–Trinajstić information content (AvgIpc) is 2.99. The third-order valence-electron chi connectivity index (χ3n) is 5.37. The number of amides is 1. The largest absolute Gasteiger partial charge is 0.319 e. The molecule has 0 fully saturated rings. The molecule has 0 saturated carbocycles. The maximum absolute atomic E-state index is 12.6. The van der Waals surface area contributed by atoms with Gasteiger partial charge in [0.25, 0.3) is 5.69 Å². The lowest BCUT2D eigenvalue weighted by atomic mass is 10.1. The molecule has 0 saturated heterocycles. The quantitative estimate of drug-likeness (QED) is 0.458. The van der Waals surface area contributed by atoms with Crippen LogP contribution < -0.4 is 5.32 Å². The SMILES string of the molecule is Cc1cc(NC(=O)CN(C)Cc2c(C)nn(-c3ccccc3)c2C)c([N+](=O)[O-])cc1C. The van der Waals surface area contributed by atoms with Crippen molar-refractivity contribution >= 4 is 17.3 Å². The van der Waals surface area contributed by atoms with Crippen molar-refractivity contribution in [3.05, 3.63) is 80.7 Å². The zero-order chi connectivity index (χ0) is 22.7. The van der Waals surface area contributed by atoms with Gasteiger partial charge in [-0.1, -0.05) is 18.2 Å². The van der Waals surface area contributed by atoms with Crippen molar-refractivity contribution < 1.29 is 9.72 Å². The molecule has 3 aromatic rings. The number of nitrogens with zero attached hydrogens (tertiary/aromatic N) is 4. The molecule has 162 valence electrons. The highest BCUT2D eigenvalue weighted by Gasteiger charge is 2.20. The lowest BCUT2D eigenvalue weighted by Gasteiger charge is -2.17. The van der Waals surface area contributed by atoms with E-state index in [0.717, 1.165) is 33.8 Å². The monoisotopic (exact) mass is 421 g/mol. The van der Waals surface area contributed by atoms with E-state index in [1.54, 1.807) is 6.07 Å². The lowest BCUT2D eigenvalue weighted by molar-refractivity contribution is -0.384. The molecule has 1 amide bonds. The molecule has 8 heteroatoms. The zero-order valence-corrected chi connectivity index (χ0v) is 18.5. The smallest absolute Gasteiger partial charge is 0.293 e. The van der Waals surface area contributed by atoms with E-state index in [2.05, 4.69) is 10.4 Å². The van der Waals surface area contributed by atoms with Gasteiger partial charge in [0.1, 0.15) is 5.69 Å². The van der Waals surface area contributed by atoms with E-state index in [4.69, 9.17) is 0 Å². The van der Waals surface area contributed by atoms with Gasteiger partial charge >= 0.3 is 0 Å². The standard InChI is InChI=1S/C23H27N5O3/c1-15-11-21(22(28(30)31)12-16(15)2)24-23(29)14-26(5)13-20-17(3)25-27(18(20)4)19-9-7-6-8-10-19/h6-12H,13-14H2,1-5H3,(H,24,29). The number of hydrogen-bond acceptors (Lipinski definition) is 5. The van der Waals surface area contributed by atoms with Crippen LogP contribution in [0.3, 0.4) is 0 Å². The van der Waals surface area contributed by atoms with Crippen molar-refractivity contribution in [2.24, 2.45) is 0 Å². The number of benzene rings is 2. The lowest BCUT2D eigenvalue weighted by Crippen LogP contribution is -2.30. The van der Waals surface area contributed by atoms with Gasteiger partial charge in [-0.05, 0) is 64.1 Å². The van der Waals surface area contributed by atoms with Gasteiger partial charge in [-0.25, -0.2) is 4.68 Å². The van der Waals surface area contributed by atoms with Gasteiger partial charge in [0.2, 0.25) is 5.91 Å². The number of carbonyl (C=O) groups is 1. The van der Waals surface area contributed by atoms with Crippen LogP contribution >= 0.6 is 0 Å². The fraction of sp³-hybridized carbons (Fsp3) is 0.304. The molecule has 8 nitrogen and oxygen atoms in total. The van der Waals surface area contributed by atoms with E-state index in [1.807, 2.05) is 74.7 Å². The summed E-state index contributed by atoms with van der Waals surface area (Å²) in [4.78, 5) is 25.3. The first kappa shape index (κ1) is 22.2. The van der Waals surface area contributed by atoms with Crippen molar-refractivity contribution in [1.29, 1.82) is 0 Å². The fourth-order valence-corrected chi connectivity index (χ4v) is 3.54. The summed E-state index contributed by atoms with van der Waals surface area (Å²) < 4.78 is 1.90. The second-order valence-corrected chi connectivity index (χ2v) is 7.83. The van der Waals surface area contributed by atoms with Crippen LogP contribution in [0.15, 0.2) is 42.5 Å². The molecule has 31 heavy (non-hydrogen) atoms. The molecule has 0 atom stereocenters. The molecule has 0 aliphatic rings. The maximum atomic E-state index is 12.6. The van der Waals surface area contributed by atoms with Crippen LogP contribution in [-0.2, 0) is 11.3 Å². The number of para-hydroxylation sites is 1. The summed E-state index contributed by atoms with van der Waals surface area (Å²) in [6.07, 6.45) is 0. The number of aromatic nitrogens is 2. The average molecular weight is 422 g/mol. The van der Waals surface area contributed by atoms with Crippen LogP contribution in [0.25, 0.3) is 5.69 Å². The summed E-state index contributed by atoms with van der Waals surface area (Å²) in [5.41, 5.74) is 5.76. The molecule has 0 unspecified atom stereocenters. The second-order valence-electron chi connectivity index (χ2n) is 7.83. The molecule has 0 spiro atoms. The number of likely N-dealkylation sites (N-methyl/N-ethyl adjacent to an activating group) is 1. The summed E-state index contributed by atoms with van der Waals surface area (Å²) in [7, 11) is 1.84. The summed E-state index contributed by atoms with van der Waals surface area (Å²) in [6, 6.07) is 13.0. The van der Waals surface area contributed by atoms with Crippen molar-refractivity contribution in [1.82, 2.24) is 14.7 Å². The van der Waals surface area contributed by atoms with Crippen LogP contribution in [0.5, 0.6) is 0 Å². The summed E-state index contributed by atoms with van der Waals surface area (Å²) in [5, 5.41) is 18.7. The Morgan fingerprint density at radius 2 is 1.77 bits per heavy atom. The molecule has 1 heterocycles. The molecule has 2 aromatic carbocycles. The number of anilines is 1. The van der Waals surface area contributed by atoms with Gasteiger partial charge in [-0.3, -0.25) is 19.8 Å². The van der Waals surface area contributed by atoms with Gasteiger partial charge in [-0.2, -0.15) is 5.10 Å². The number of nitro benzene ring substituents is 1. The van der Waals surface area contributed by atoms with Crippen LogP contribution in [0.2, 0.25) is 0 Å². The fourth-order valence-electron chi connectivity index (χ4n) is 3.54. The molecular formula is C23H27N5O3. The second kappa shape index (κ2) is 9.09. The van der Waals surface area contributed by atoms with Gasteiger partial charge < -0.3 is 5.32 Å². The predicted octanol–water partition coefficient (Wildman–Crippen LogP) is 4.08. The molecule has 0 radical (unpaired) electrons. The van der Waals surface area contributed by atoms with E-state index >= 15 is 0 Å². The first-order chi connectivity index (χ1) is 14.7. The first-order valence-electron chi connectivity index (χ1n) is 10.0. The maximum Gasteiger partial charge on any atom is 0.293 e. The van der Waals surface area contributed by atoms with Crippen LogP contribution in [-0.4, -0.2) is 39.1 Å². The van der Waals surface area contributed by atoms with E-state index in [1.165, 1.54) is 6.07 Å². The molecule has 0 aliphatic heterocycles. The third-order valence-corrected chi connectivity index (χ3v) is 5.37. The van der Waals surface area contributed by atoms with E-state index in [-0.39, 0.29) is 23.8 Å². The predicted molar refractivity (Wildman–Crippen MR) is 121 cm³/mol. The Morgan fingerprint density at radius 3 is 2.42 bits per heavy atom. The Morgan fingerprint density at radius 1 is 1.13 bits per heavy atom. The zero-order valence-electron chi connectivity index (χ0n) is 18.5. The molecule has 1 aromatic heterocycles. The molecule has 3 rings (SSSR count). The van der Waals surface area contributed by atoms with E-state index < -0.39 is 4.92 Å². The van der Waals surface area contributed by atoms with Crippen molar-refractivity contribution in [3.8, 4) is 5.69 Å². The number of aryl methyl sites for hydroxylation is 3. The molecule has 0 bridgehead atoms. The van der Waals surface area contributed by atoms with Crippen molar-refractivity contribution in [2.75, 3.05) is 18.9 Å². The van der Waals surface area contributed by atoms with Crippen molar-refractivity contribution in [3.63, 3.8) is 0 Å². The highest BCUT2D eigenvalue weighted by Crippen LogP contribution is 2.28. The minimum absolute atomic E-state index is 0.0967. The number of hydrogen-bond donors (Lipinski definition) is 1. The van der Waals surface area contributed by atoms with Gasteiger partial charge in [0, 0.05) is 23.9 Å². The van der Waals surface area contributed by atoms with Crippen molar-refractivity contribution in [2.45, 2.75) is 34.2 Å². The van der Waals surface area contributed by atoms with Gasteiger partial charge in [-0.15, -0.1) is 0 Å². The Bertz CT molecular complexity index is 1120. The Labute approximate surface area is 181 Å².